The van der Waals surface area contributed by atoms with Crippen molar-refractivity contribution >= 4 is 28.9 Å². The van der Waals surface area contributed by atoms with Gasteiger partial charge in [-0.3, -0.25) is 19.2 Å². The van der Waals surface area contributed by atoms with Crippen molar-refractivity contribution in [3.8, 4) is 5.75 Å². The lowest BCUT2D eigenvalue weighted by molar-refractivity contribution is -0.146. The molecule has 8 rings (SSSR count). The number of hydrogen-bond donors (Lipinski definition) is 2. The molecule has 5 aromatic rings. The summed E-state index contributed by atoms with van der Waals surface area (Å²) >= 11 is 0. The fourth-order valence-electron chi connectivity index (χ4n) is 8.43. The molecule has 2 N–H and O–H groups in total. The lowest BCUT2D eigenvalue weighted by Crippen LogP contribution is -2.46. The highest BCUT2D eigenvalue weighted by Crippen LogP contribution is 2.58. The molecule has 0 radical (unpaired) electrons. The summed E-state index contributed by atoms with van der Waals surface area (Å²) in [6.07, 6.45) is 0.779. The summed E-state index contributed by atoms with van der Waals surface area (Å²) in [5.74, 6) is -0.501. The van der Waals surface area contributed by atoms with E-state index in [4.69, 9.17) is 9.47 Å². The number of fused-ring (bicyclic) bond motifs is 3. The van der Waals surface area contributed by atoms with Crippen molar-refractivity contribution < 1.29 is 29.3 Å². The fourth-order valence-corrected chi connectivity index (χ4v) is 8.43. The molecule has 1 saturated heterocycles. The Morgan fingerprint density at radius 1 is 0.942 bits per heavy atom. The topological polar surface area (TPSA) is 130 Å². The Morgan fingerprint density at radius 3 is 2.46 bits per heavy atom. The van der Waals surface area contributed by atoms with Crippen LogP contribution < -0.4 is 14.5 Å². The Labute approximate surface area is 302 Å². The van der Waals surface area contributed by atoms with Crippen molar-refractivity contribution in [2.45, 2.75) is 63.7 Å². The van der Waals surface area contributed by atoms with E-state index in [1.165, 1.54) is 0 Å². The van der Waals surface area contributed by atoms with Crippen LogP contribution in [0.1, 0.15) is 55.7 Å². The first kappa shape index (κ1) is 33.8. The van der Waals surface area contributed by atoms with Crippen LogP contribution in [-0.2, 0) is 33.0 Å². The van der Waals surface area contributed by atoms with Gasteiger partial charge in [0.1, 0.15) is 17.5 Å². The first-order valence-corrected chi connectivity index (χ1v) is 17.6. The zero-order valence-corrected chi connectivity index (χ0v) is 29.3. The van der Waals surface area contributed by atoms with Crippen molar-refractivity contribution in [2.75, 3.05) is 16.4 Å². The van der Waals surface area contributed by atoms with Crippen LogP contribution in [0.25, 0.3) is 0 Å². The number of rotatable bonds is 9. The van der Waals surface area contributed by atoms with Crippen LogP contribution in [0.15, 0.2) is 109 Å². The van der Waals surface area contributed by atoms with Crippen LogP contribution in [0.5, 0.6) is 5.75 Å². The van der Waals surface area contributed by atoms with E-state index in [1.807, 2.05) is 110 Å². The molecule has 3 aliphatic rings. The Morgan fingerprint density at radius 2 is 1.67 bits per heavy atom. The van der Waals surface area contributed by atoms with Gasteiger partial charge in [0.15, 0.2) is 12.2 Å². The van der Waals surface area contributed by atoms with E-state index in [0.29, 0.717) is 35.8 Å². The lowest BCUT2D eigenvalue weighted by Gasteiger charge is -2.34. The van der Waals surface area contributed by atoms with E-state index in [9.17, 15) is 19.8 Å². The minimum Gasteiger partial charge on any atom is -0.482 e. The van der Waals surface area contributed by atoms with E-state index >= 15 is 0 Å². The predicted octanol–water partition coefficient (Wildman–Crippen LogP) is 5.67. The summed E-state index contributed by atoms with van der Waals surface area (Å²) in [5.41, 5.74) is 2.40. The molecule has 4 aromatic carbocycles. The molecule has 1 spiro atoms. The molecule has 52 heavy (non-hydrogen) atoms. The highest BCUT2D eigenvalue weighted by molar-refractivity contribution is 6.08. The van der Waals surface area contributed by atoms with Crippen LogP contribution in [0, 0.1) is 11.8 Å². The first-order valence-electron chi connectivity index (χ1n) is 17.6. The average Bonchev–Trinajstić information content (AvgIpc) is 3.81. The molecule has 0 aliphatic carbocycles. The van der Waals surface area contributed by atoms with Gasteiger partial charge in [-0.2, -0.15) is 0 Å². The number of carbonyl (C=O) groups is 2. The predicted molar refractivity (Wildman–Crippen MR) is 194 cm³/mol. The third-order valence-corrected chi connectivity index (χ3v) is 10.7. The molecule has 0 unspecified atom stereocenters. The van der Waals surface area contributed by atoms with Crippen molar-refractivity contribution in [3.63, 3.8) is 0 Å². The smallest absolute Gasteiger partial charge is 0.269 e. The summed E-state index contributed by atoms with van der Waals surface area (Å²) in [6, 6.07) is 32.1. The van der Waals surface area contributed by atoms with E-state index in [-0.39, 0.29) is 30.9 Å². The van der Waals surface area contributed by atoms with Gasteiger partial charge in [-0.25, -0.2) is 0 Å². The van der Waals surface area contributed by atoms with Crippen molar-refractivity contribution in [3.05, 3.63) is 132 Å². The number of aliphatic hydroxyl groups excluding tert-OH is 1. The second kappa shape index (κ2) is 13.0. The molecular formula is C41H41N5O6. The van der Waals surface area contributed by atoms with Gasteiger partial charge in [0.05, 0.1) is 35.8 Å². The minimum absolute atomic E-state index is 0.0613. The normalized spacial score (nSPS) is 23.1. The van der Waals surface area contributed by atoms with Crippen LogP contribution in [0.2, 0.25) is 0 Å². The van der Waals surface area contributed by atoms with Crippen LogP contribution in [0.3, 0.4) is 0 Å². The maximum atomic E-state index is 14.9. The van der Waals surface area contributed by atoms with Gasteiger partial charge in [-0.15, -0.1) is 5.10 Å². The number of anilines is 3. The SMILES string of the molecule is C[C@H]1[C@H](C(C)(C)O)[C@@H](CCn2cc([C@H](O)c3ccccc3)nn2)O[C@]12C(=O)N(Cc1cccc(N3C(=O)COc4ccccc43)c1)c1ccccc12. The highest BCUT2D eigenvalue weighted by atomic mass is 16.5. The number of nitrogens with zero attached hydrogens (tertiary/aromatic N) is 5. The minimum atomic E-state index is -1.32. The van der Waals surface area contributed by atoms with Crippen LogP contribution in [-0.4, -0.2) is 55.3 Å². The number of aryl methyl sites for hydroxylation is 1. The number of para-hydroxylation sites is 3. The molecule has 1 aromatic heterocycles. The highest BCUT2D eigenvalue weighted by Gasteiger charge is 2.65. The number of amides is 2. The summed E-state index contributed by atoms with van der Waals surface area (Å²) in [7, 11) is 0. The molecule has 11 heteroatoms. The lowest BCUT2D eigenvalue weighted by atomic mass is 9.71. The molecule has 11 nitrogen and oxygen atoms in total. The Balaban J connectivity index is 1.07. The number of benzene rings is 4. The Bertz CT molecular complexity index is 2130. The summed E-state index contributed by atoms with van der Waals surface area (Å²) in [6.45, 7) is 6.14. The monoisotopic (exact) mass is 699 g/mol. The quantitative estimate of drug-likeness (QED) is 0.201. The molecule has 266 valence electrons. The van der Waals surface area contributed by atoms with E-state index in [2.05, 4.69) is 10.3 Å². The third-order valence-electron chi connectivity index (χ3n) is 10.7. The van der Waals surface area contributed by atoms with E-state index in [1.54, 1.807) is 34.5 Å². The van der Waals surface area contributed by atoms with Gasteiger partial charge in [0.2, 0.25) is 0 Å². The van der Waals surface area contributed by atoms with Gasteiger partial charge >= 0.3 is 0 Å². The molecule has 4 heterocycles. The van der Waals surface area contributed by atoms with E-state index in [0.717, 1.165) is 22.4 Å². The van der Waals surface area contributed by atoms with Crippen molar-refractivity contribution in [1.82, 2.24) is 15.0 Å². The van der Waals surface area contributed by atoms with Gasteiger partial charge in [0.25, 0.3) is 11.8 Å². The van der Waals surface area contributed by atoms with Gasteiger partial charge in [0, 0.05) is 29.6 Å². The molecular weight excluding hydrogens is 658 g/mol. The van der Waals surface area contributed by atoms with Crippen molar-refractivity contribution in [1.29, 1.82) is 0 Å². The third kappa shape index (κ3) is 5.65. The number of ether oxygens (including phenoxy) is 2. The fraction of sp³-hybridized carbons (Fsp3) is 0.317. The molecule has 0 bridgehead atoms. The average molecular weight is 700 g/mol. The number of aromatic nitrogens is 3. The second-order valence-electron chi connectivity index (χ2n) is 14.4. The number of hydrogen-bond acceptors (Lipinski definition) is 8. The number of aliphatic hydroxyl groups is 2. The van der Waals surface area contributed by atoms with Crippen LogP contribution >= 0.6 is 0 Å². The molecule has 3 aliphatic heterocycles. The van der Waals surface area contributed by atoms with Crippen LogP contribution in [0.4, 0.5) is 17.1 Å². The maximum Gasteiger partial charge on any atom is 0.269 e. The molecule has 5 atom stereocenters. The largest absolute Gasteiger partial charge is 0.482 e. The van der Waals surface area contributed by atoms with Crippen molar-refractivity contribution in [2.24, 2.45) is 11.8 Å². The van der Waals surface area contributed by atoms with Gasteiger partial charge in [-0.1, -0.05) is 84.9 Å². The Kier molecular flexibility index (Phi) is 8.44. The Hall–Kier alpha value is -5.36. The summed E-state index contributed by atoms with van der Waals surface area (Å²) in [4.78, 5) is 31.4. The maximum absolute atomic E-state index is 14.9. The van der Waals surface area contributed by atoms with E-state index < -0.39 is 29.3 Å². The number of carbonyl (C=O) groups excluding carboxylic acids is 2. The summed E-state index contributed by atoms with van der Waals surface area (Å²) in [5, 5.41) is 30.9. The molecule has 2 amide bonds. The zero-order valence-electron chi connectivity index (χ0n) is 29.3. The standard InChI is InChI=1S/C41H41N5O6/c1-26-37(40(2,3)50)35(20-21-44-24-31(42-43-44)38(48)28-13-5-4-6-14-28)52-41(26)30-16-7-8-17-32(30)45(39(41)49)23-27-12-11-15-29(22-27)46-33-18-9-10-19-34(33)51-25-36(46)47/h4-19,22,24,26,35,37-38,48,50H,20-21,23,25H2,1-3H3/t26-,35+,37-,38+,41+/m0/s1. The first-order chi connectivity index (χ1) is 25.1. The zero-order chi connectivity index (χ0) is 36.2. The summed E-state index contributed by atoms with van der Waals surface area (Å²) < 4.78 is 14.3. The molecule has 0 saturated carbocycles. The van der Waals surface area contributed by atoms with Gasteiger partial charge in [-0.05, 0) is 61.7 Å². The van der Waals surface area contributed by atoms with Gasteiger partial charge < -0.3 is 24.6 Å². The molecule has 1 fully saturated rings. The second-order valence-corrected chi connectivity index (χ2v) is 14.4.